The lowest BCUT2D eigenvalue weighted by atomic mass is 9.96. The lowest BCUT2D eigenvalue weighted by Crippen LogP contribution is -3.09. The molecule has 5 nitrogen and oxygen atoms in total. The van der Waals surface area contributed by atoms with Gasteiger partial charge < -0.3 is 10.2 Å². The van der Waals surface area contributed by atoms with Crippen LogP contribution in [0.1, 0.15) is 37.7 Å². The van der Waals surface area contributed by atoms with Crippen molar-refractivity contribution in [2.75, 3.05) is 13.6 Å². The van der Waals surface area contributed by atoms with E-state index >= 15 is 0 Å². The molecule has 1 saturated carbocycles. The Hall–Kier alpha value is -2.40. The Balaban J connectivity index is 1.46. The molecule has 0 spiro atoms. The molecule has 0 heterocycles. The summed E-state index contributed by atoms with van der Waals surface area (Å²) in [5.41, 5.74) is 1.18. The highest BCUT2D eigenvalue weighted by Crippen LogP contribution is 2.17. The van der Waals surface area contributed by atoms with E-state index in [0.29, 0.717) is 0 Å². The van der Waals surface area contributed by atoms with Gasteiger partial charge in [0.25, 0.3) is 5.91 Å². The first-order chi connectivity index (χ1) is 12.6. The van der Waals surface area contributed by atoms with E-state index in [1.807, 2.05) is 19.2 Å². The molecule has 2 aromatic rings. The Bertz CT molecular complexity index is 769. The maximum atomic E-state index is 12.1. The van der Waals surface area contributed by atoms with Crippen molar-refractivity contribution in [1.29, 1.82) is 0 Å². The van der Waals surface area contributed by atoms with Gasteiger partial charge in [-0.15, -0.1) is 0 Å². The number of quaternary nitrogens is 1. The van der Waals surface area contributed by atoms with Crippen LogP contribution in [-0.2, 0) is 11.3 Å². The van der Waals surface area contributed by atoms with E-state index in [2.05, 4.69) is 41.0 Å². The minimum atomic E-state index is -0.361. The number of nitrogens with one attached hydrogen (secondary N) is 3. The molecule has 0 bridgehead atoms. The van der Waals surface area contributed by atoms with Crippen LogP contribution in [0.15, 0.2) is 42.5 Å². The fourth-order valence-corrected chi connectivity index (χ4v) is 3.67. The van der Waals surface area contributed by atoms with Gasteiger partial charge in [0.2, 0.25) is 0 Å². The number of rotatable bonds is 5. The number of benzene rings is 2. The molecule has 138 valence electrons. The average Bonchev–Trinajstić information content (AvgIpc) is 2.62. The number of fused-ring (bicyclic) bond motifs is 1. The molecule has 0 saturated heterocycles. The van der Waals surface area contributed by atoms with Crippen LogP contribution in [0.5, 0.6) is 0 Å². The summed E-state index contributed by atoms with van der Waals surface area (Å²) in [6, 6.07) is 14.5. The van der Waals surface area contributed by atoms with E-state index in [1.54, 1.807) is 0 Å². The number of hydrogen-bond donors (Lipinski definition) is 3. The zero-order valence-electron chi connectivity index (χ0n) is 15.4. The normalized spacial score (nSPS) is 16.2. The number of urea groups is 1. The van der Waals surface area contributed by atoms with Crippen molar-refractivity contribution in [3.63, 3.8) is 0 Å². The van der Waals surface area contributed by atoms with Crippen LogP contribution in [-0.4, -0.2) is 31.6 Å². The van der Waals surface area contributed by atoms with E-state index in [4.69, 9.17) is 0 Å². The molecule has 0 aliphatic heterocycles. The first kappa shape index (κ1) is 18.4. The largest absolute Gasteiger partial charge is 0.335 e. The molecule has 1 aliphatic rings. The van der Waals surface area contributed by atoms with Crippen molar-refractivity contribution in [2.24, 2.45) is 0 Å². The highest BCUT2D eigenvalue weighted by molar-refractivity contribution is 5.94. The van der Waals surface area contributed by atoms with Crippen LogP contribution in [0.2, 0.25) is 0 Å². The van der Waals surface area contributed by atoms with Gasteiger partial charge >= 0.3 is 6.03 Å². The van der Waals surface area contributed by atoms with Gasteiger partial charge in [-0.25, -0.2) is 4.79 Å². The quantitative estimate of drug-likeness (QED) is 0.769. The second-order valence-electron chi connectivity index (χ2n) is 7.35. The number of likely N-dealkylation sites (N-methyl/N-ethyl adjacent to an activating group) is 1. The van der Waals surface area contributed by atoms with E-state index in [1.165, 1.54) is 22.8 Å². The van der Waals surface area contributed by atoms with E-state index in [-0.39, 0.29) is 24.5 Å². The molecular formula is C21H28N3O2+. The molecule has 3 N–H and O–H groups in total. The minimum Gasteiger partial charge on any atom is -0.335 e. The predicted octanol–water partition coefficient (Wildman–Crippen LogP) is 2.01. The van der Waals surface area contributed by atoms with Crippen LogP contribution in [0.25, 0.3) is 10.8 Å². The first-order valence-electron chi connectivity index (χ1n) is 9.49. The number of carbonyl (C=O) groups excluding carboxylic acids is 2. The molecule has 1 atom stereocenters. The van der Waals surface area contributed by atoms with Crippen molar-refractivity contribution in [2.45, 2.75) is 44.7 Å². The summed E-state index contributed by atoms with van der Waals surface area (Å²) in [5.74, 6) is -0.239. The topological polar surface area (TPSA) is 62.6 Å². The van der Waals surface area contributed by atoms with Crippen LogP contribution in [0.3, 0.4) is 0 Å². The van der Waals surface area contributed by atoms with E-state index < -0.39 is 0 Å². The first-order valence-corrected chi connectivity index (χ1v) is 9.49. The van der Waals surface area contributed by atoms with E-state index in [0.717, 1.165) is 37.1 Å². The second-order valence-corrected chi connectivity index (χ2v) is 7.35. The van der Waals surface area contributed by atoms with Crippen molar-refractivity contribution < 1.29 is 14.5 Å². The predicted molar refractivity (Wildman–Crippen MR) is 103 cm³/mol. The van der Waals surface area contributed by atoms with Crippen molar-refractivity contribution in [3.8, 4) is 0 Å². The summed E-state index contributed by atoms with van der Waals surface area (Å²) in [5, 5.41) is 7.79. The fourth-order valence-electron chi connectivity index (χ4n) is 3.67. The third-order valence-electron chi connectivity index (χ3n) is 4.98. The van der Waals surface area contributed by atoms with Gasteiger partial charge in [-0.1, -0.05) is 55.7 Å². The van der Waals surface area contributed by atoms with Gasteiger partial charge in [-0.2, -0.15) is 0 Å². The molecular weight excluding hydrogens is 326 g/mol. The number of amides is 3. The smallest absolute Gasteiger partial charge is 0.321 e. The fraction of sp³-hybridized carbons (Fsp3) is 0.429. The van der Waals surface area contributed by atoms with Gasteiger partial charge in [-0.05, 0) is 29.7 Å². The van der Waals surface area contributed by atoms with Crippen molar-refractivity contribution >= 4 is 22.7 Å². The molecule has 2 aromatic carbocycles. The number of imide groups is 1. The van der Waals surface area contributed by atoms with Crippen molar-refractivity contribution in [3.05, 3.63) is 48.0 Å². The van der Waals surface area contributed by atoms with E-state index in [9.17, 15) is 9.59 Å². The molecule has 0 radical (unpaired) electrons. The van der Waals surface area contributed by atoms with Crippen LogP contribution >= 0.6 is 0 Å². The lowest BCUT2D eigenvalue weighted by Gasteiger charge is -2.22. The monoisotopic (exact) mass is 354 g/mol. The minimum absolute atomic E-state index is 0.208. The summed E-state index contributed by atoms with van der Waals surface area (Å²) < 4.78 is 0. The SMILES string of the molecule is C[NH+](CC(=O)NC(=O)NC1CCCCC1)Cc1ccc2ccccc2c1. The highest BCUT2D eigenvalue weighted by atomic mass is 16.2. The number of carbonyl (C=O) groups is 2. The van der Waals surface area contributed by atoms with Gasteiger partial charge in [0.05, 0.1) is 7.05 Å². The average molecular weight is 354 g/mol. The lowest BCUT2D eigenvalue weighted by molar-refractivity contribution is -0.885. The zero-order chi connectivity index (χ0) is 18.4. The molecule has 0 aromatic heterocycles. The van der Waals surface area contributed by atoms with Gasteiger partial charge in [-0.3, -0.25) is 10.1 Å². The molecule has 3 amide bonds. The molecule has 3 rings (SSSR count). The Morgan fingerprint density at radius 3 is 2.54 bits per heavy atom. The third kappa shape index (κ3) is 5.30. The standard InChI is InChI=1S/C21H27N3O2/c1-24(14-16-11-12-17-7-5-6-8-18(17)13-16)15-20(25)23-21(26)22-19-9-3-2-4-10-19/h5-8,11-13,19H,2-4,9-10,14-15H2,1H3,(H2,22,23,25,26)/p+1. The second kappa shape index (κ2) is 8.81. The Labute approximate surface area is 154 Å². The number of hydrogen-bond acceptors (Lipinski definition) is 2. The van der Waals surface area contributed by atoms with Crippen LogP contribution < -0.4 is 15.5 Å². The Kier molecular flexibility index (Phi) is 6.23. The van der Waals surface area contributed by atoms with Crippen LogP contribution in [0, 0.1) is 0 Å². The molecule has 1 aliphatic carbocycles. The Morgan fingerprint density at radius 1 is 1.04 bits per heavy atom. The van der Waals surface area contributed by atoms with Gasteiger partial charge in [0, 0.05) is 11.6 Å². The summed E-state index contributed by atoms with van der Waals surface area (Å²) in [6.07, 6.45) is 5.56. The Morgan fingerprint density at radius 2 is 1.77 bits per heavy atom. The third-order valence-corrected chi connectivity index (χ3v) is 4.98. The maximum Gasteiger partial charge on any atom is 0.321 e. The molecule has 5 heteroatoms. The molecule has 26 heavy (non-hydrogen) atoms. The van der Waals surface area contributed by atoms with Crippen molar-refractivity contribution in [1.82, 2.24) is 10.6 Å². The summed E-state index contributed by atoms with van der Waals surface area (Å²) >= 11 is 0. The maximum absolute atomic E-state index is 12.1. The van der Waals surface area contributed by atoms with Crippen LogP contribution in [0.4, 0.5) is 4.79 Å². The summed E-state index contributed by atoms with van der Waals surface area (Å²) in [6.45, 7) is 1.01. The molecule has 1 unspecified atom stereocenters. The highest BCUT2D eigenvalue weighted by Gasteiger charge is 2.18. The zero-order valence-corrected chi connectivity index (χ0v) is 15.4. The van der Waals surface area contributed by atoms with Gasteiger partial charge in [0.1, 0.15) is 6.54 Å². The van der Waals surface area contributed by atoms with Gasteiger partial charge in [0.15, 0.2) is 6.54 Å². The summed E-state index contributed by atoms with van der Waals surface area (Å²) in [4.78, 5) is 25.1. The summed E-state index contributed by atoms with van der Waals surface area (Å²) in [7, 11) is 1.97. The molecule has 1 fully saturated rings.